The molecule has 0 aliphatic carbocycles. The number of hydrogen-bond donors (Lipinski definition) is 1. The van der Waals surface area contributed by atoms with Gasteiger partial charge in [0.25, 0.3) is 0 Å². The van der Waals surface area contributed by atoms with Gasteiger partial charge in [0.2, 0.25) is 0 Å². The molecule has 1 aromatic heterocycles. The second-order valence-corrected chi connectivity index (χ2v) is 3.13. The molecular formula is C8H11N3S. The van der Waals surface area contributed by atoms with Crippen molar-refractivity contribution >= 4 is 17.6 Å². The highest BCUT2D eigenvalue weighted by Gasteiger charge is 1.95. The van der Waals surface area contributed by atoms with Crippen molar-refractivity contribution in [2.45, 2.75) is 5.03 Å². The van der Waals surface area contributed by atoms with E-state index in [2.05, 4.69) is 21.9 Å². The molecule has 0 bridgehead atoms. The minimum absolute atomic E-state index is 0.844. The molecule has 0 amide bonds. The lowest BCUT2D eigenvalue weighted by Gasteiger charge is -2.00. The molecule has 0 aromatic carbocycles. The van der Waals surface area contributed by atoms with Gasteiger partial charge in [-0.1, -0.05) is 6.08 Å². The molecule has 12 heavy (non-hydrogen) atoms. The second-order valence-electron chi connectivity index (χ2n) is 2.09. The lowest BCUT2D eigenvalue weighted by molar-refractivity contribution is 1.05. The van der Waals surface area contributed by atoms with E-state index in [1.807, 2.05) is 19.2 Å². The zero-order valence-electron chi connectivity index (χ0n) is 6.95. The Morgan fingerprint density at radius 3 is 3.17 bits per heavy atom. The van der Waals surface area contributed by atoms with Crippen LogP contribution in [0.4, 0.5) is 5.82 Å². The third-order valence-electron chi connectivity index (χ3n) is 1.25. The molecule has 3 nitrogen and oxygen atoms in total. The van der Waals surface area contributed by atoms with E-state index in [1.54, 1.807) is 18.1 Å². The summed E-state index contributed by atoms with van der Waals surface area (Å²) < 4.78 is 0. The van der Waals surface area contributed by atoms with Gasteiger partial charge in [-0.15, -0.1) is 18.3 Å². The molecule has 1 rings (SSSR count). The highest BCUT2D eigenvalue weighted by Crippen LogP contribution is 2.16. The number of thioether (sulfide) groups is 1. The Labute approximate surface area is 76.3 Å². The first-order chi connectivity index (χ1) is 5.86. The molecule has 0 aliphatic rings. The highest BCUT2D eigenvalue weighted by atomic mass is 32.2. The quantitative estimate of drug-likeness (QED) is 0.436. The van der Waals surface area contributed by atoms with Crippen LogP contribution in [0.3, 0.4) is 0 Å². The monoisotopic (exact) mass is 181 g/mol. The van der Waals surface area contributed by atoms with Crippen molar-refractivity contribution < 1.29 is 0 Å². The molecule has 64 valence electrons. The number of aromatic nitrogens is 2. The normalized spacial score (nSPS) is 9.42. The summed E-state index contributed by atoms with van der Waals surface area (Å²) in [4.78, 5) is 8.09. The van der Waals surface area contributed by atoms with E-state index in [9.17, 15) is 0 Å². The number of rotatable bonds is 4. The summed E-state index contributed by atoms with van der Waals surface area (Å²) in [7, 11) is 1.84. The van der Waals surface area contributed by atoms with Crippen molar-refractivity contribution in [2.75, 3.05) is 18.1 Å². The molecule has 0 aliphatic heterocycles. The first kappa shape index (κ1) is 9.06. The van der Waals surface area contributed by atoms with Crippen LogP contribution in [0.15, 0.2) is 30.1 Å². The van der Waals surface area contributed by atoms with Crippen LogP contribution in [0.2, 0.25) is 0 Å². The Kier molecular flexibility index (Phi) is 3.60. The zero-order chi connectivity index (χ0) is 8.81. The van der Waals surface area contributed by atoms with Crippen molar-refractivity contribution in [1.29, 1.82) is 0 Å². The minimum Gasteiger partial charge on any atom is -0.373 e. The maximum absolute atomic E-state index is 4.09. The molecule has 1 heterocycles. The van der Waals surface area contributed by atoms with E-state index in [-0.39, 0.29) is 0 Å². The summed E-state index contributed by atoms with van der Waals surface area (Å²) in [6.07, 6.45) is 3.41. The molecule has 0 unspecified atom stereocenters. The number of hydrogen-bond acceptors (Lipinski definition) is 4. The van der Waals surface area contributed by atoms with Gasteiger partial charge in [0.05, 0.1) is 0 Å². The number of anilines is 1. The van der Waals surface area contributed by atoms with Crippen molar-refractivity contribution in [3.63, 3.8) is 0 Å². The summed E-state index contributed by atoms with van der Waals surface area (Å²) in [6.45, 7) is 3.64. The largest absolute Gasteiger partial charge is 0.373 e. The van der Waals surface area contributed by atoms with Crippen LogP contribution in [-0.2, 0) is 0 Å². The Morgan fingerprint density at radius 2 is 2.50 bits per heavy atom. The van der Waals surface area contributed by atoms with Crippen molar-refractivity contribution in [3.05, 3.63) is 25.0 Å². The fraction of sp³-hybridized carbons (Fsp3) is 0.250. The average molecular weight is 181 g/mol. The van der Waals surface area contributed by atoms with Crippen LogP contribution in [0.25, 0.3) is 0 Å². The summed E-state index contributed by atoms with van der Waals surface area (Å²) in [5, 5.41) is 3.92. The standard InChI is InChI=1S/C8H11N3S/c1-3-4-12-8-5-7(9-2)10-6-11-8/h3,5-6H,1,4H2,2H3,(H,9,10,11). The average Bonchev–Trinajstić information content (AvgIpc) is 2.15. The molecule has 1 N–H and O–H groups in total. The fourth-order valence-corrected chi connectivity index (χ4v) is 1.30. The predicted octanol–water partition coefficient (Wildman–Crippen LogP) is 1.80. The first-order valence-electron chi connectivity index (χ1n) is 3.60. The Balaban J connectivity index is 2.65. The van der Waals surface area contributed by atoms with Crippen LogP contribution in [0.5, 0.6) is 0 Å². The minimum atomic E-state index is 0.844. The molecule has 0 spiro atoms. The number of nitrogens with one attached hydrogen (secondary N) is 1. The third kappa shape index (κ3) is 2.54. The zero-order valence-corrected chi connectivity index (χ0v) is 7.77. The molecule has 4 heteroatoms. The van der Waals surface area contributed by atoms with Crippen LogP contribution < -0.4 is 5.32 Å². The van der Waals surface area contributed by atoms with Crippen molar-refractivity contribution in [3.8, 4) is 0 Å². The van der Waals surface area contributed by atoms with E-state index in [0.717, 1.165) is 16.6 Å². The van der Waals surface area contributed by atoms with Gasteiger partial charge in [0.15, 0.2) is 0 Å². The first-order valence-corrected chi connectivity index (χ1v) is 4.59. The summed E-state index contributed by atoms with van der Waals surface area (Å²) >= 11 is 1.64. The maximum Gasteiger partial charge on any atom is 0.130 e. The van der Waals surface area contributed by atoms with Crippen LogP contribution in [0.1, 0.15) is 0 Å². The van der Waals surface area contributed by atoms with Gasteiger partial charge in [0.1, 0.15) is 17.2 Å². The van der Waals surface area contributed by atoms with Crippen LogP contribution in [0, 0.1) is 0 Å². The van der Waals surface area contributed by atoms with Gasteiger partial charge in [-0.05, 0) is 0 Å². The predicted molar refractivity (Wildman–Crippen MR) is 52.5 cm³/mol. The maximum atomic E-state index is 4.09. The van der Waals surface area contributed by atoms with E-state index in [4.69, 9.17) is 0 Å². The smallest absolute Gasteiger partial charge is 0.130 e. The van der Waals surface area contributed by atoms with Gasteiger partial charge in [-0.25, -0.2) is 9.97 Å². The van der Waals surface area contributed by atoms with E-state index in [1.165, 1.54) is 0 Å². The van der Waals surface area contributed by atoms with E-state index in [0.29, 0.717) is 0 Å². The lowest BCUT2D eigenvalue weighted by Crippen LogP contribution is -1.93. The second kappa shape index (κ2) is 4.77. The highest BCUT2D eigenvalue weighted by molar-refractivity contribution is 7.99. The molecule has 0 fully saturated rings. The van der Waals surface area contributed by atoms with E-state index >= 15 is 0 Å². The lowest BCUT2D eigenvalue weighted by atomic mass is 10.6. The van der Waals surface area contributed by atoms with Gasteiger partial charge in [0, 0.05) is 18.9 Å². The van der Waals surface area contributed by atoms with E-state index < -0.39 is 0 Å². The molecule has 1 aromatic rings. The Morgan fingerprint density at radius 1 is 1.67 bits per heavy atom. The van der Waals surface area contributed by atoms with Crippen LogP contribution >= 0.6 is 11.8 Å². The van der Waals surface area contributed by atoms with Gasteiger partial charge < -0.3 is 5.32 Å². The molecule has 0 saturated heterocycles. The fourth-order valence-electron chi connectivity index (χ4n) is 0.699. The Hall–Kier alpha value is -1.03. The molecular weight excluding hydrogens is 170 g/mol. The van der Waals surface area contributed by atoms with Crippen molar-refractivity contribution in [1.82, 2.24) is 9.97 Å². The Bertz CT molecular complexity index is 262. The molecule has 0 atom stereocenters. The van der Waals surface area contributed by atoms with Crippen molar-refractivity contribution in [2.24, 2.45) is 0 Å². The molecule has 0 saturated carbocycles. The van der Waals surface area contributed by atoms with Gasteiger partial charge in [-0.3, -0.25) is 0 Å². The summed E-state index contributed by atoms with van der Waals surface area (Å²) in [6, 6.07) is 1.91. The van der Waals surface area contributed by atoms with Gasteiger partial charge >= 0.3 is 0 Å². The summed E-state index contributed by atoms with van der Waals surface area (Å²) in [5.41, 5.74) is 0. The van der Waals surface area contributed by atoms with Gasteiger partial charge in [-0.2, -0.15) is 0 Å². The number of nitrogens with zero attached hydrogens (tertiary/aromatic N) is 2. The molecule has 0 radical (unpaired) electrons. The third-order valence-corrected chi connectivity index (χ3v) is 2.17. The van der Waals surface area contributed by atoms with Crippen LogP contribution in [-0.4, -0.2) is 22.8 Å². The summed E-state index contributed by atoms with van der Waals surface area (Å²) in [5.74, 6) is 1.72. The SMILES string of the molecule is C=CCSc1cc(NC)ncn1. The topological polar surface area (TPSA) is 37.8 Å².